The predicted molar refractivity (Wildman–Crippen MR) is 69.6 cm³/mol. The van der Waals surface area contributed by atoms with E-state index >= 15 is 0 Å². The molecule has 1 amide bonds. The maximum atomic E-state index is 11.9. The highest BCUT2D eigenvalue weighted by Gasteiger charge is 2.11. The largest absolute Gasteiger partial charge is 0.481 e. The Kier molecular flexibility index (Phi) is 5.55. The van der Waals surface area contributed by atoms with E-state index in [1.165, 1.54) is 0 Å². The fraction of sp³-hybridized carbons (Fsp3) is 0.357. The molecule has 0 saturated heterocycles. The SMILES string of the molecule is CC(CCC(=O)O)NC(=O)c1cccc(CC#N)c1. The number of nitriles is 1. The van der Waals surface area contributed by atoms with Crippen molar-refractivity contribution in [3.05, 3.63) is 35.4 Å². The van der Waals surface area contributed by atoms with Crippen molar-refractivity contribution in [3.63, 3.8) is 0 Å². The third-order valence-corrected chi connectivity index (χ3v) is 2.64. The molecular weight excluding hydrogens is 244 g/mol. The third kappa shape index (κ3) is 5.21. The van der Waals surface area contributed by atoms with Gasteiger partial charge >= 0.3 is 5.97 Å². The molecule has 1 rings (SSSR count). The molecule has 5 heteroatoms. The van der Waals surface area contributed by atoms with Crippen LogP contribution in [-0.2, 0) is 11.2 Å². The van der Waals surface area contributed by atoms with Crippen LogP contribution in [0, 0.1) is 11.3 Å². The average molecular weight is 260 g/mol. The Balaban J connectivity index is 2.60. The van der Waals surface area contributed by atoms with Crippen LogP contribution in [0.1, 0.15) is 35.7 Å². The van der Waals surface area contributed by atoms with Crippen LogP contribution in [0.5, 0.6) is 0 Å². The molecule has 100 valence electrons. The first-order chi connectivity index (χ1) is 9.02. The van der Waals surface area contributed by atoms with Crippen molar-refractivity contribution in [1.82, 2.24) is 5.32 Å². The zero-order chi connectivity index (χ0) is 14.3. The van der Waals surface area contributed by atoms with Crippen LogP contribution in [0.25, 0.3) is 0 Å². The van der Waals surface area contributed by atoms with Crippen molar-refractivity contribution in [2.24, 2.45) is 0 Å². The summed E-state index contributed by atoms with van der Waals surface area (Å²) in [4.78, 5) is 22.3. The van der Waals surface area contributed by atoms with Gasteiger partial charge in [0.1, 0.15) is 0 Å². The van der Waals surface area contributed by atoms with Gasteiger partial charge in [-0.25, -0.2) is 0 Å². The van der Waals surface area contributed by atoms with E-state index in [1.54, 1.807) is 31.2 Å². The van der Waals surface area contributed by atoms with Crippen LogP contribution < -0.4 is 5.32 Å². The number of rotatable bonds is 6. The standard InChI is InChI=1S/C14H16N2O3/c1-10(5-6-13(17)18)16-14(19)12-4-2-3-11(9-12)7-8-15/h2-4,9-10H,5-7H2,1H3,(H,16,19)(H,17,18). The Morgan fingerprint density at radius 1 is 1.47 bits per heavy atom. The summed E-state index contributed by atoms with van der Waals surface area (Å²) in [5.74, 6) is -1.13. The van der Waals surface area contributed by atoms with E-state index in [9.17, 15) is 9.59 Å². The van der Waals surface area contributed by atoms with Gasteiger partial charge in [-0.05, 0) is 31.0 Å². The number of hydrogen-bond donors (Lipinski definition) is 2. The quantitative estimate of drug-likeness (QED) is 0.815. The minimum Gasteiger partial charge on any atom is -0.481 e. The third-order valence-electron chi connectivity index (χ3n) is 2.64. The second-order valence-electron chi connectivity index (χ2n) is 4.34. The zero-order valence-corrected chi connectivity index (χ0v) is 10.7. The molecule has 1 atom stereocenters. The van der Waals surface area contributed by atoms with Crippen LogP contribution >= 0.6 is 0 Å². The normalized spacial score (nSPS) is 11.4. The second kappa shape index (κ2) is 7.17. The van der Waals surface area contributed by atoms with Crippen molar-refractivity contribution in [2.45, 2.75) is 32.2 Å². The van der Waals surface area contributed by atoms with Gasteiger partial charge < -0.3 is 10.4 Å². The predicted octanol–water partition coefficient (Wildman–Crippen LogP) is 1.74. The van der Waals surface area contributed by atoms with E-state index in [0.29, 0.717) is 12.0 Å². The smallest absolute Gasteiger partial charge is 0.303 e. The van der Waals surface area contributed by atoms with Crippen LogP contribution in [0.15, 0.2) is 24.3 Å². The molecule has 0 saturated carbocycles. The lowest BCUT2D eigenvalue weighted by Gasteiger charge is -2.13. The molecule has 1 aromatic carbocycles. The van der Waals surface area contributed by atoms with Gasteiger partial charge in [-0.1, -0.05) is 12.1 Å². The Bertz CT molecular complexity index is 506. The summed E-state index contributed by atoms with van der Waals surface area (Å²) in [5.41, 5.74) is 1.27. The van der Waals surface area contributed by atoms with Gasteiger partial charge in [0.05, 0.1) is 12.5 Å². The first kappa shape index (κ1) is 14.7. The van der Waals surface area contributed by atoms with Gasteiger partial charge in [-0.2, -0.15) is 5.26 Å². The molecule has 5 nitrogen and oxygen atoms in total. The Morgan fingerprint density at radius 2 is 2.21 bits per heavy atom. The van der Waals surface area contributed by atoms with Crippen LogP contribution in [0.3, 0.4) is 0 Å². The summed E-state index contributed by atoms with van der Waals surface area (Å²) in [6, 6.07) is 8.67. The number of carboxylic acids is 1. The fourth-order valence-corrected chi connectivity index (χ4v) is 1.63. The summed E-state index contributed by atoms with van der Waals surface area (Å²) < 4.78 is 0. The molecule has 0 heterocycles. The van der Waals surface area contributed by atoms with Crippen LogP contribution in [0.2, 0.25) is 0 Å². The Morgan fingerprint density at radius 3 is 2.84 bits per heavy atom. The number of carbonyl (C=O) groups is 2. The first-order valence-corrected chi connectivity index (χ1v) is 6.01. The van der Waals surface area contributed by atoms with E-state index in [4.69, 9.17) is 10.4 Å². The maximum absolute atomic E-state index is 11.9. The topological polar surface area (TPSA) is 90.2 Å². The molecule has 1 unspecified atom stereocenters. The number of nitrogens with zero attached hydrogens (tertiary/aromatic N) is 1. The summed E-state index contributed by atoms with van der Waals surface area (Å²) in [6.45, 7) is 1.76. The van der Waals surface area contributed by atoms with E-state index in [0.717, 1.165) is 5.56 Å². The highest BCUT2D eigenvalue weighted by Crippen LogP contribution is 2.07. The molecule has 0 spiro atoms. The molecule has 0 bridgehead atoms. The van der Waals surface area contributed by atoms with Crippen LogP contribution in [0.4, 0.5) is 0 Å². The first-order valence-electron chi connectivity index (χ1n) is 6.01. The molecule has 0 aliphatic heterocycles. The monoisotopic (exact) mass is 260 g/mol. The van der Waals surface area contributed by atoms with Crippen molar-refractivity contribution in [1.29, 1.82) is 5.26 Å². The summed E-state index contributed by atoms with van der Waals surface area (Å²) in [5, 5.41) is 19.9. The molecule has 0 aliphatic carbocycles. The van der Waals surface area contributed by atoms with E-state index in [1.807, 2.05) is 6.07 Å². The van der Waals surface area contributed by atoms with Crippen molar-refractivity contribution >= 4 is 11.9 Å². The Hall–Kier alpha value is -2.35. The molecule has 0 aliphatic rings. The van der Waals surface area contributed by atoms with E-state index < -0.39 is 5.97 Å². The molecule has 1 aromatic rings. The molecule has 0 aromatic heterocycles. The van der Waals surface area contributed by atoms with Crippen molar-refractivity contribution in [2.75, 3.05) is 0 Å². The van der Waals surface area contributed by atoms with Crippen molar-refractivity contribution in [3.8, 4) is 6.07 Å². The van der Waals surface area contributed by atoms with E-state index in [-0.39, 0.29) is 24.8 Å². The van der Waals surface area contributed by atoms with Crippen LogP contribution in [-0.4, -0.2) is 23.0 Å². The molecule has 0 radical (unpaired) electrons. The molecule has 0 fully saturated rings. The highest BCUT2D eigenvalue weighted by molar-refractivity contribution is 5.94. The van der Waals surface area contributed by atoms with Gasteiger partial charge in [-0.15, -0.1) is 0 Å². The summed E-state index contributed by atoms with van der Waals surface area (Å²) in [7, 11) is 0. The fourth-order valence-electron chi connectivity index (χ4n) is 1.63. The molecule has 2 N–H and O–H groups in total. The number of benzene rings is 1. The lowest BCUT2D eigenvalue weighted by molar-refractivity contribution is -0.137. The number of amides is 1. The number of nitrogens with one attached hydrogen (secondary N) is 1. The minimum atomic E-state index is -0.878. The number of hydrogen-bond acceptors (Lipinski definition) is 3. The maximum Gasteiger partial charge on any atom is 0.303 e. The summed E-state index contributed by atoms with van der Waals surface area (Å²) >= 11 is 0. The number of carbonyl (C=O) groups excluding carboxylic acids is 1. The second-order valence-corrected chi connectivity index (χ2v) is 4.34. The zero-order valence-electron chi connectivity index (χ0n) is 10.7. The number of carboxylic acid groups (broad SMARTS) is 1. The lowest BCUT2D eigenvalue weighted by Crippen LogP contribution is -2.32. The highest BCUT2D eigenvalue weighted by atomic mass is 16.4. The van der Waals surface area contributed by atoms with Gasteiger partial charge in [0.15, 0.2) is 0 Å². The Labute approximate surface area is 111 Å². The average Bonchev–Trinajstić information content (AvgIpc) is 2.37. The van der Waals surface area contributed by atoms with Crippen molar-refractivity contribution < 1.29 is 14.7 Å². The minimum absolute atomic E-state index is 0.0237. The van der Waals surface area contributed by atoms with Gasteiger partial charge in [-0.3, -0.25) is 9.59 Å². The van der Waals surface area contributed by atoms with E-state index in [2.05, 4.69) is 5.32 Å². The summed E-state index contributed by atoms with van der Waals surface area (Å²) in [6.07, 6.45) is 0.671. The molecule has 19 heavy (non-hydrogen) atoms. The lowest BCUT2D eigenvalue weighted by atomic mass is 10.1. The number of aliphatic carboxylic acids is 1. The van der Waals surface area contributed by atoms with Gasteiger partial charge in [0.2, 0.25) is 0 Å². The van der Waals surface area contributed by atoms with Gasteiger partial charge in [0.25, 0.3) is 5.91 Å². The van der Waals surface area contributed by atoms with Gasteiger partial charge in [0, 0.05) is 18.0 Å². The molecular formula is C14H16N2O3.